The van der Waals surface area contributed by atoms with Crippen molar-refractivity contribution in [1.29, 1.82) is 0 Å². The average molecular weight is 210 g/mol. The third-order valence-electron chi connectivity index (χ3n) is 2.25. The Balaban J connectivity index is 1.86. The van der Waals surface area contributed by atoms with Gasteiger partial charge in [0.15, 0.2) is 5.82 Å². The maximum atomic E-state index is 5.48. The summed E-state index contributed by atoms with van der Waals surface area (Å²) < 4.78 is 10.7. The number of nitrogen functional groups attached to an aromatic ring is 1. The van der Waals surface area contributed by atoms with Crippen LogP contribution in [-0.4, -0.2) is 29.8 Å². The normalized spacial score (nSPS) is 20.2. The molecule has 0 saturated carbocycles. The molecule has 2 heterocycles. The van der Waals surface area contributed by atoms with Crippen LogP contribution in [0.2, 0.25) is 0 Å². The Kier molecular flexibility index (Phi) is 3.31. The second kappa shape index (κ2) is 4.90. The lowest BCUT2D eigenvalue weighted by Crippen LogP contribution is -2.14. The molecule has 15 heavy (non-hydrogen) atoms. The molecule has 0 aliphatic carbocycles. The maximum absolute atomic E-state index is 5.48. The molecular weight excluding hydrogens is 196 g/mol. The minimum absolute atomic E-state index is 0.460. The number of nitrogens with one attached hydrogen (secondary N) is 1. The molecule has 3 N–H and O–H groups in total. The van der Waals surface area contributed by atoms with Crippen LogP contribution in [0.15, 0.2) is 12.4 Å². The van der Waals surface area contributed by atoms with Crippen molar-refractivity contribution in [2.45, 2.75) is 6.42 Å². The molecule has 1 aromatic heterocycles. The molecule has 1 unspecified atom stereocenters. The van der Waals surface area contributed by atoms with E-state index in [0.717, 1.165) is 19.6 Å². The van der Waals surface area contributed by atoms with Crippen molar-refractivity contribution in [3.05, 3.63) is 12.4 Å². The molecule has 0 aromatic carbocycles. The van der Waals surface area contributed by atoms with Crippen LogP contribution < -0.4 is 16.0 Å². The largest absolute Gasteiger partial charge is 0.476 e. The average Bonchev–Trinajstić information content (AvgIpc) is 2.79. The minimum atomic E-state index is 0.460. The van der Waals surface area contributed by atoms with Gasteiger partial charge in [-0.2, -0.15) is 4.98 Å². The van der Waals surface area contributed by atoms with E-state index in [1.807, 2.05) is 0 Å². The van der Waals surface area contributed by atoms with E-state index in [0.29, 0.717) is 24.2 Å². The fourth-order valence-corrected chi connectivity index (χ4v) is 1.41. The van der Waals surface area contributed by atoms with Gasteiger partial charge in [0.2, 0.25) is 5.88 Å². The van der Waals surface area contributed by atoms with E-state index in [2.05, 4.69) is 15.4 Å². The molecule has 1 saturated heterocycles. The quantitative estimate of drug-likeness (QED) is 0.545. The molecule has 1 aliphatic heterocycles. The monoisotopic (exact) mass is 210 g/mol. The molecule has 0 radical (unpaired) electrons. The molecule has 2 rings (SSSR count). The summed E-state index contributed by atoms with van der Waals surface area (Å²) >= 11 is 0. The Bertz CT molecular complexity index is 315. The SMILES string of the molecule is NNc1cncc(OCC2CCOC2)n1. The fraction of sp³-hybridized carbons (Fsp3) is 0.556. The molecule has 0 amide bonds. The zero-order valence-corrected chi connectivity index (χ0v) is 8.35. The van der Waals surface area contributed by atoms with Crippen LogP contribution in [0.4, 0.5) is 5.82 Å². The summed E-state index contributed by atoms with van der Waals surface area (Å²) in [5, 5.41) is 0. The van der Waals surface area contributed by atoms with Gasteiger partial charge in [0, 0.05) is 12.5 Å². The van der Waals surface area contributed by atoms with Gasteiger partial charge >= 0.3 is 0 Å². The zero-order chi connectivity index (χ0) is 10.5. The number of anilines is 1. The van der Waals surface area contributed by atoms with Crippen LogP contribution in [0.5, 0.6) is 5.88 Å². The fourth-order valence-electron chi connectivity index (χ4n) is 1.41. The number of hydrogen-bond donors (Lipinski definition) is 2. The molecule has 0 bridgehead atoms. The summed E-state index contributed by atoms with van der Waals surface area (Å²) in [5.41, 5.74) is 2.42. The first kappa shape index (κ1) is 10.1. The van der Waals surface area contributed by atoms with E-state index in [1.165, 1.54) is 6.20 Å². The number of ether oxygens (including phenoxy) is 2. The summed E-state index contributed by atoms with van der Waals surface area (Å²) in [4.78, 5) is 8.03. The van der Waals surface area contributed by atoms with Gasteiger partial charge in [0.1, 0.15) is 0 Å². The van der Waals surface area contributed by atoms with E-state index in [4.69, 9.17) is 15.3 Å². The minimum Gasteiger partial charge on any atom is -0.476 e. The van der Waals surface area contributed by atoms with Gasteiger partial charge in [-0.3, -0.25) is 4.98 Å². The third kappa shape index (κ3) is 2.77. The molecule has 6 nitrogen and oxygen atoms in total. The van der Waals surface area contributed by atoms with Crippen LogP contribution >= 0.6 is 0 Å². The number of aromatic nitrogens is 2. The van der Waals surface area contributed by atoms with E-state index >= 15 is 0 Å². The molecule has 1 fully saturated rings. The van der Waals surface area contributed by atoms with Crippen LogP contribution in [0.3, 0.4) is 0 Å². The Morgan fingerprint density at radius 1 is 1.60 bits per heavy atom. The first-order valence-corrected chi connectivity index (χ1v) is 4.87. The van der Waals surface area contributed by atoms with E-state index in [9.17, 15) is 0 Å². The number of nitrogens with two attached hydrogens (primary N) is 1. The topological polar surface area (TPSA) is 82.3 Å². The molecule has 1 aliphatic rings. The lowest BCUT2D eigenvalue weighted by molar-refractivity contribution is 0.165. The zero-order valence-electron chi connectivity index (χ0n) is 8.35. The molecule has 6 heteroatoms. The highest BCUT2D eigenvalue weighted by molar-refractivity contribution is 5.31. The number of hydrogen-bond acceptors (Lipinski definition) is 6. The van der Waals surface area contributed by atoms with E-state index in [1.54, 1.807) is 6.20 Å². The summed E-state index contributed by atoms with van der Waals surface area (Å²) in [6.07, 6.45) is 4.14. The highest BCUT2D eigenvalue weighted by atomic mass is 16.5. The standard InChI is InChI=1S/C9H14N4O2/c10-13-8-3-11-4-9(12-8)15-6-7-1-2-14-5-7/h3-4,7H,1-2,5-6,10H2,(H,12,13). The Labute approximate surface area is 87.8 Å². The summed E-state index contributed by atoms with van der Waals surface area (Å²) in [6, 6.07) is 0. The summed E-state index contributed by atoms with van der Waals surface area (Å²) in [6.45, 7) is 2.20. The van der Waals surface area contributed by atoms with Gasteiger partial charge in [0.25, 0.3) is 0 Å². The van der Waals surface area contributed by atoms with E-state index < -0.39 is 0 Å². The first-order chi connectivity index (χ1) is 7.38. The van der Waals surface area contributed by atoms with Crippen LogP contribution in [-0.2, 0) is 4.74 Å². The van der Waals surface area contributed by atoms with E-state index in [-0.39, 0.29) is 0 Å². The second-order valence-electron chi connectivity index (χ2n) is 3.43. The molecule has 0 spiro atoms. The molecular formula is C9H14N4O2. The molecule has 1 aromatic rings. The van der Waals surface area contributed by atoms with Gasteiger partial charge in [-0.15, -0.1) is 0 Å². The van der Waals surface area contributed by atoms with Crippen molar-refractivity contribution in [1.82, 2.24) is 9.97 Å². The smallest absolute Gasteiger partial charge is 0.234 e. The molecule has 82 valence electrons. The van der Waals surface area contributed by atoms with Crippen LogP contribution in [0, 0.1) is 5.92 Å². The Hall–Kier alpha value is -1.40. The summed E-state index contributed by atoms with van der Waals surface area (Å²) in [7, 11) is 0. The van der Waals surface area contributed by atoms with Crippen molar-refractivity contribution in [2.24, 2.45) is 11.8 Å². The highest BCUT2D eigenvalue weighted by Crippen LogP contribution is 2.15. The first-order valence-electron chi connectivity index (χ1n) is 4.87. The third-order valence-corrected chi connectivity index (χ3v) is 2.25. The van der Waals surface area contributed by atoms with Crippen molar-refractivity contribution in [2.75, 3.05) is 25.2 Å². The second-order valence-corrected chi connectivity index (χ2v) is 3.43. The van der Waals surface area contributed by atoms with Crippen molar-refractivity contribution >= 4 is 5.82 Å². The number of rotatable bonds is 4. The van der Waals surface area contributed by atoms with Gasteiger partial charge < -0.3 is 14.9 Å². The predicted octanol–water partition coefficient (Wildman–Crippen LogP) is 0.177. The molecule has 1 atom stereocenters. The maximum Gasteiger partial charge on any atom is 0.234 e. The lowest BCUT2D eigenvalue weighted by atomic mass is 10.1. The van der Waals surface area contributed by atoms with Crippen molar-refractivity contribution in [3.63, 3.8) is 0 Å². The Morgan fingerprint density at radius 3 is 3.27 bits per heavy atom. The van der Waals surface area contributed by atoms with Gasteiger partial charge in [-0.05, 0) is 6.42 Å². The highest BCUT2D eigenvalue weighted by Gasteiger charge is 2.16. The van der Waals surface area contributed by atoms with Gasteiger partial charge in [0.05, 0.1) is 25.6 Å². The van der Waals surface area contributed by atoms with Gasteiger partial charge in [-0.25, -0.2) is 5.84 Å². The number of nitrogens with zero attached hydrogens (tertiary/aromatic N) is 2. The van der Waals surface area contributed by atoms with Crippen LogP contribution in [0.25, 0.3) is 0 Å². The number of hydrazine groups is 1. The van der Waals surface area contributed by atoms with Crippen molar-refractivity contribution in [3.8, 4) is 5.88 Å². The summed E-state index contributed by atoms with van der Waals surface area (Å²) in [5.74, 6) is 6.65. The predicted molar refractivity (Wildman–Crippen MR) is 54.3 cm³/mol. The Morgan fingerprint density at radius 2 is 2.53 bits per heavy atom. The van der Waals surface area contributed by atoms with Crippen molar-refractivity contribution < 1.29 is 9.47 Å². The lowest BCUT2D eigenvalue weighted by Gasteiger charge is -2.09. The van der Waals surface area contributed by atoms with Gasteiger partial charge in [-0.1, -0.05) is 0 Å². The van der Waals surface area contributed by atoms with Crippen LogP contribution in [0.1, 0.15) is 6.42 Å².